The number of carbonyl (C=O) groups excluding carboxylic acids is 2. The van der Waals surface area contributed by atoms with Crippen molar-refractivity contribution in [3.8, 4) is 0 Å². The van der Waals surface area contributed by atoms with Crippen LogP contribution < -0.4 is 10.2 Å². The zero-order valence-corrected chi connectivity index (χ0v) is 13.0. The van der Waals surface area contributed by atoms with Crippen molar-refractivity contribution in [1.29, 1.82) is 0 Å². The van der Waals surface area contributed by atoms with Gasteiger partial charge in [-0.3, -0.25) is 9.69 Å². The molecule has 0 saturated heterocycles. The van der Waals surface area contributed by atoms with Crippen LogP contribution in [0.3, 0.4) is 0 Å². The number of ether oxygens (including phenoxy) is 1. The fraction of sp³-hybridized carbons (Fsp3) is 0.500. The number of amides is 1. The van der Waals surface area contributed by atoms with Crippen molar-refractivity contribution in [3.63, 3.8) is 0 Å². The van der Waals surface area contributed by atoms with E-state index in [1.807, 2.05) is 39.0 Å². The van der Waals surface area contributed by atoms with Crippen molar-refractivity contribution in [3.05, 3.63) is 29.3 Å². The number of nitrogens with one attached hydrogen (secondary N) is 1. The molecule has 1 heterocycles. The van der Waals surface area contributed by atoms with E-state index in [-0.39, 0.29) is 11.9 Å². The average Bonchev–Trinajstić information content (AvgIpc) is 2.80. The van der Waals surface area contributed by atoms with E-state index in [0.717, 1.165) is 11.3 Å². The van der Waals surface area contributed by atoms with Crippen LogP contribution in [0.1, 0.15) is 36.7 Å². The monoisotopic (exact) mass is 290 g/mol. The van der Waals surface area contributed by atoms with Crippen molar-refractivity contribution in [2.75, 3.05) is 25.0 Å². The first-order valence-electron chi connectivity index (χ1n) is 7.13. The highest BCUT2D eigenvalue weighted by Crippen LogP contribution is 2.32. The predicted molar refractivity (Wildman–Crippen MR) is 82.0 cm³/mol. The number of benzene rings is 1. The largest absolute Gasteiger partial charge is 0.443 e. The lowest BCUT2D eigenvalue weighted by Crippen LogP contribution is -2.35. The first-order valence-corrected chi connectivity index (χ1v) is 7.13. The molecule has 0 aromatic heterocycles. The third-order valence-corrected chi connectivity index (χ3v) is 3.28. The van der Waals surface area contributed by atoms with Gasteiger partial charge in [0.05, 0.1) is 12.2 Å². The fourth-order valence-electron chi connectivity index (χ4n) is 2.46. The maximum absolute atomic E-state index is 12.2. The minimum absolute atomic E-state index is 0.0420. The van der Waals surface area contributed by atoms with Gasteiger partial charge in [0.15, 0.2) is 5.78 Å². The lowest BCUT2D eigenvalue weighted by Gasteiger charge is -2.24. The second-order valence-electron chi connectivity index (χ2n) is 6.14. The molecule has 5 heteroatoms. The number of Topliss-reactive ketones (excluding diaryl/α,β-unsaturated/α-hetero) is 1. The van der Waals surface area contributed by atoms with Crippen LogP contribution in [0.15, 0.2) is 18.2 Å². The van der Waals surface area contributed by atoms with Crippen LogP contribution in [0.2, 0.25) is 0 Å². The van der Waals surface area contributed by atoms with Gasteiger partial charge >= 0.3 is 6.09 Å². The van der Waals surface area contributed by atoms with Gasteiger partial charge in [0.1, 0.15) is 5.60 Å². The van der Waals surface area contributed by atoms with Crippen molar-refractivity contribution < 1.29 is 14.3 Å². The maximum Gasteiger partial charge on any atom is 0.414 e. The molecule has 0 aliphatic carbocycles. The number of fused-ring (bicyclic) bond motifs is 1. The molecule has 0 unspecified atom stereocenters. The topological polar surface area (TPSA) is 58.6 Å². The van der Waals surface area contributed by atoms with Gasteiger partial charge in [-0.2, -0.15) is 0 Å². The number of carbonyl (C=O) groups is 2. The van der Waals surface area contributed by atoms with Crippen molar-refractivity contribution in [2.45, 2.75) is 32.8 Å². The SMILES string of the molecule is CNCC(=O)c1cccc2c1CCN2C(=O)OC(C)(C)C. The number of rotatable bonds is 3. The zero-order chi connectivity index (χ0) is 15.6. The Morgan fingerprint density at radius 2 is 2.05 bits per heavy atom. The van der Waals surface area contributed by atoms with Crippen molar-refractivity contribution in [1.82, 2.24) is 5.32 Å². The summed E-state index contributed by atoms with van der Waals surface area (Å²) in [5, 5.41) is 2.87. The molecule has 0 fully saturated rings. The Morgan fingerprint density at radius 3 is 2.67 bits per heavy atom. The quantitative estimate of drug-likeness (QED) is 0.868. The molecule has 5 nitrogen and oxygen atoms in total. The Labute approximate surface area is 125 Å². The highest BCUT2D eigenvalue weighted by molar-refractivity contribution is 6.02. The van der Waals surface area contributed by atoms with Crippen LogP contribution in [0.4, 0.5) is 10.5 Å². The number of ketones is 1. The number of hydrogen-bond acceptors (Lipinski definition) is 4. The van der Waals surface area contributed by atoms with E-state index in [4.69, 9.17) is 4.74 Å². The summed E-state index contributed by atoms with van der Waals surface area (Å²) in [6.45, 7) is 6.37. The molecule has 21 heavy (non-hydrogen) atoms. The zero-order valence-electron chi connectivity index (χ0n) is 13.0. The molecular weight excluding hydrogens is 268 g/mol. The smallest absolute Gasteiger partial charge is 0.414 e. The summed E-state index contributed by atoms with van der Waals surface area (Å²) in [7, 11) is 1.74. The second-order valence-corrected chi connectivity index (χ2v) is 6.14. The minimum atomic E-state index is -0.528. The normalized spacial score (nSPS) is 14.0. The molecule has 2 rings (SSSR count). The van der Waals surface area contributed by atoms with Gasteiger partial charge in [0, 0.05) is 12.1 Å². The summed E-state index contributed by atoms with van der Waals surface area (Å²) in [5.41, 5.74) is 1.88. The molecule has 1 aromatic rings. The third-order valence-electron chi connectivity index (χ3n) is 3.28. The van der Waals surface area contributed by atoms with Crippen LogP contribution in [0.25, 0.3) is 0 Å². The van der Waals surface area contributed by atoms with E-state index in [9.17, 15) is 9.59 Å². The van der Waals surface area contributed by atoms with Gasteiger partial charge in [0.25, 0.3) is 0 Å². The Bertz CT molecular complexity index is 561. The van der Waals surface area contributed by atoms with E-state index in [1.165, 1.54) is 0 Å². The van der Waals surface area contributed by atoms with E-state index >= 15 is 0 Å². The summed E-state index contributed by atoms with van der Waals surface area (Å²) < 4.78 is 5.42. The molecule has 1 N–H and O–H groups in total. The molecular formula is C16H22N2O3. The Kier molecular flexibility index (Phi) is 4.32. The van der Waals surface area contributed by atoms with E-state index in [1.54, 1.807) is 11.9 Å². The molecule has 114 valence electrons. The number of anilines is 1. The standard InChI is InChI=1S/C16H22N2O3/c1-16(2,3)21-15(20)18-9-8-11-12(14(19)10-17-4)6-5-7-13(11)18/h5-7,17H,8-10H2,1-4H3. The average molecular weight is 290 g/mol. The van der Waals surface area contributed by atoms with Crippen LogP contribution >= 0.6 is 0 Å². The molecule has 0 bridgehead atoms. The Morgan fingerprint density at radius 1 is 1.33 bits per heavy atom. The van der Waals surface area contributed by atoms with Gasteiger partial charge < -0.3 is 10.1 Å². The Hall–Kier alpha value is -1.88. The third kappa shape index (κ3) is 3.42. The molecule has 1 aromatic carbocycles. The van der Waals surface area contributed by atoms with Crippen molar-refractivity contribution >= 4 is 17.6 Å². The highest BCUT2D eigenvalue weighted by Gasteiger charge is 2.31. The highest BCUT2D eigenvalue weighted by atomic mass is 16.6. The molecule has 0 atom stereocenters. The van der Waals surface area contributed by atoms with Gasteiger partial charge in [-0.05, 0) is 45.9 Å². The maximum atomic E-state index is 12.2. The van der Waals surface area contributed by atoms with E-state index in [2.05, 4.69) is 5.32 Å². The van der Waals surface area contributed by atoms with Gasteiger partial charge in [-0.15, -0.1) is 0 Å². The predicted octanol–water partition coefficient (Wildman–Crippen LogP) is 2.39. The molecule has 1 aliphatic heterocycles. The first-order chi connectivity index (χ1) is 9.83. The van der Waals surface area contributed by atoms with Crippen LogP contribution in [-0.2, 0) is 11.2 Å². The summed E-state index contributed by atoms with van der Waals surface area (Å²) in [4.78, 5) is 26.0. The van der Waals surface area contributed by atoms with Crippen LogP contribution in [0, 0.1) is 0 Å². The number of hydrogen-bond donors (Lipinski definition) is 1. The molecule has 1 amide bonds. The number of nitrogens with zero attached hydrogens (tertiary/aromatic N) is 1. The molecule has 0 saturated carbocycles. The summed E-state index contributed by atoms with van der Waals surface area (Å²) in [6, 6.07) is 5.49. The van der Waals surface area contributed by atoms with Crippen LogP contribution in [0.5, 0.6) is 0 Å². The molecule has 1 aliphatic rings. The molecule has 0 radical (unpaired) electrons. The Balaban J connectivity index is 2.27. The lowest BCUT2D eigenvalue weighted by molar-refractivity contribution is 0.0583. The van der Waals surface area contributed by atoms with Gasteiger partial charge in [0.2, 0.25) is 0 Å². The van der Waals surface area contributed by atoms with E-state index < -0.39 is 5.60 Å². The van der Waals surface area contributed by atoms with Gasteiger partial charge in [-0.25, -0.2) is 4.79 Å². The van der Waals surface area contributed by atoms with E-state index in [0.29, 0.717) is 25.1 Å². The summed E-state index contributed by atoms with van der Waals surface area (Å²) in [6.07, 6.45) is 0.319. The second kappa shape index (κ2) is 5.85. The van der Waals surface area contributed by atoms with Crippen LogP contribution in [-0.4, -0.2) is 37.6 Å². The number of likely N-dealkylation sites (N-methyl/N-ethyl adjacent to an activating group) is 1. The summed E-state index contributed by atoms with van der Waals surface area (Å²) in [5.74, 6) is 0.0420. The first kappa shape index (κ1) is 15.5. The molecule has 0 spiro atoms. The van der Waals surface area contributed by atoms with Gasteiger partial charge in [-0.1, -0.05) is 12.1 Å². The fourth-order valence-corrected chi connectivity index (χ4v) is 2.46. The van der Waals surface area contributed by atoms with Crippen molar-refractivity contribution in [2.24, 2.45) is 0 Å². The lowest BCUT2D eigenvalue weighted by atomic mass is 10.0. The minimum Gasteiger partial charge on any atom is -0.443 e. The summed E-state index contributed by atoms with van der Waals surface area (Å²) >= 11 is 0.